The summed E-state index contributed by atoms with van der Waals surface area (Å²) in [6, 6.07) is 5.30. The number of anilines is 2. The van der Waals surface area contributed by atoms with Crippen LogP contribution < -0.4 is 15.8 Å². The van der Waals surface area contributed by atoms with Crippen molar-refractivity contribution < 1.29 is 28.5 Å². The number of aromatic nitrogens is 3. The number of esters is 1. The average molecular weight is 537 g/mol. The molecule has 3 N–H and O–H groups in total. The molecule has 3 aromatic rings. The van der Waals surface area contributed by atoms with Crippen LogP contribution in [0.3, 0.4) is 0 Å². The Kier molecular flexibility index (Phi) is 7.00. The number of nitrogens with one attached hydrogen (secondary N) is 1. The van der Waals surface area contributed by atoms with Crippen molar-refractivity contribution in [1.29, 1.82) is 0 Å². The minimum absolute atomic E-state index is 0.0463. The Morgan fingerprint density at radius 3 is 2.67 bits per heavy atom. The molecule has 206 valence electrons. The molecular weight excluding hydrogens is 504 g/mol. The maximum absolute atomic E-state index is 12.3. The molecule has 2 aliphatic heterocycles. The van der Waals surface area contributed by atoms with Crippen LogP contribution in [-0.2, 0) is 19.7 Å². The van der Waals surface area contributed by atoms with Gasteiger partial charge in [0.2, 0.25) is 5.88 Å². The van der Waals surface area contributed by atoms with E-state index in [1.54, 1.807) is 36.5 Å². The first-order valence-corrected chi connectivity index (χ1v) is 12.7. The summed E-state index contributed by atoms with van der Waals surface area (Å²) in [7, 11) is 2.94. The zero-order valence-electron chi connectivity index (χ0n) is 22.6. The first kappa shape index (κ1) is 26.6. The van der Waals surface area contributed by atoms with Gasteiger partial charge in [0.05, 0.1) is 49.0 Å². The molecule has 12 heteroatoms. The van der Waals surface area contributed by atoms with Gasteiger partial charge in [0.25, 0.3) is 0 Å². The second-order valence-corrected chi connectivity index (χ2v) is 10.2. The Bertz CT molecular complexity index is 1420. The fourth-order valence-corrected chi connectivity index (χ4v) is 4.81. The van der Waals surface area contributed by atoms with Crippen LogP contribution in [0.1, 0.15) is 48.3 Å². The lowest BCUT2D eigenvalue weighted by Gasteiger charge is -2.37. The molecule has 0 aliphatic carbocycles. The van der Waals surface area contributed by atoms with Crippen molar-refractivity contribution in [3.05, 3.63) is 47.4 Å². The monoisotopic (exact) mass is 536 g/mol. The van der Waals surface area contributed by atoms with Crippen LogP contribution in [0.15, 0.2) is 30.6 Å². The van der Waals surface area contributed by atoms with Gasteiger partial charge >= 0.3 is 12.1 Å². The van der Waals surface area contributed by atoms with Crippen LogP contribution in [0.5, 0.6) is 5.88 Å². The normalized spacial score (nSPS) is 20.5. The molecule has 0 radical (unpaired) electrons. The molecule has 1 unspecified atom stereocenters. The quantitative estimate of drug-likeness (QED) is 0.429. The Balaban J connectivity index is 1.48. The van der Waals surface area contributed by atoms with Gasteiger partial charge in [-0.25, -0.2) is 24.5 Å². The summed E-state index contributed by atoms with van der Waals surface area (Å²) < 4.78 is 21.6. The van der Waals surface area contributed by atoms with Gasteiger partial charge in [-0.3, -0.25) is 0 Å². The summed E-state index contributed by atoms with van der Waals surface area (Å²) >= 11 is 0. The maximum atomic E-state index is 12.3. The molecule has 0 bridgehead atoms. The van der Waals surface area contributed by atoms with Crippen molar-refractivity contribution in [2.75, 3.05) is 39.2 Å². The molecule has 1 amide bonds. The van der Waals surface area contributed by atoms with E-state index in [0.29, 0.717) is 47.2 Å². The van der Waals surface area contributed by atoms with Crippen molar-refractivity contribution in [3.8, 4) is 5.88 Å². The minimum Gasteiger partial charge on any atom is -0.470 e. The topological polar surface area (TPSA) is 151 Å². The van der Waals surface area contributed by atoms with Crippen molar-refractivity contribution in [2.24, 2.45) is 5.73 Å². The second kappa shape index (κ2) is 10.3. The van der Waals surface area contributed by atoms with E-state index in [1.165, 1.54) is 7.11 Å². The van der Waals surface area contributed by atoms with Crippen LogP contribution in [0.2, 0.25) is 0 Å². The number of likely N-dealkylation sites (tertiary alicyclic amines) is 1. The zero-order valence-corrected chi connectivity index (χ0v) is 22.6. The highest BCUT2D eigenvalue weighted by Gasteiger charge is 2.35. The first-order chi connectivity index (χ1) is 18.6. The molecule has 1 fully saturated rings. The van der Waals surface area contributed by atoms with Gasteiger partial charge in [-0.1, -0.05) is 6.92 Å². The largest absolute Gasteiger partial charge is 0.470 e. The molecule has 0 spiro atoms. The number of ether oxygens (including phenoxy) is 4. The Labute approximate surface area is 225 Å². The number of hydrogen-bond donors (Lipinski definition) is 2. The van der Waals surface area contributed by atoms with E-state index in [4.69, 9.17) is 29.7 Å². The van der Waals surface area contributed by atoms with E-state index in [9.17, 15) is 9.59 Å². The van der Waals surface area contributed by atoms with Crippen LogP contribution in [0.25, 0.3) is 10.8 Å². The Morgan fingerprint density at radius 1 is 1.18 bits per heavy atom. The standard InChI is InChI=1S/C27H32N6O6/c1-14-15(2)38-25(34)17-6-7-21(32-23(14)17)31-22-8-18-19(9-29-22)24(30-10-20(18)27(3,28)13-36-4)39-16-11-33(12-16)26(35)37-5/h6-10,14-16H,11-13,28H2,1-5H3,(H,29,31,32)/t14-,15-,27?/m0/s1. The molecule has 39 heavy (non-hydrogen) atoms. The lowest BCUT2D eigenvalue weighted by Crippen LogP contribution is -2.56. The SMILES string of the molecule is COCC(C)(N)c1cnc(OC2CN(C(=O)OC)C2)c2cnc(Nc3ccc4c(n3)[C@@H](C)[C@H](C)OC4=O)cc12. The number of hydrogen-bond acceptors (Lipinski definition) is 11. The average Bonchev–Trinajstić information content (AvgIpc) is 2.88. The fraction of sp³-hybridized carbons (Fsp3) is 0.444. The van der Waals surface area contributed by atoms with Gasteiger partial charge in [0, 0.05) is 31.0 Å². The number of cyclic esters (lactones) is 1. The third-order valence-electron chi connectivity index (χ3n) is 7.18. The number of nitrogens with zero attached hydrogens (tertiary/aromatic N) is 4. The third kappa shape index (κ3) is 5.04. The van der Waals surface area contributed by atoms with Crippen molar-refractivity contribution in [2.45, 2.75) is 44.4 Å². The first-order valence-electron chi connectivity index (χ1n) is 12.7. The van der Waals surface area contributed by atoms with Crippen molar-refractivity contribution in [1.82, 2.24) is 19.9 Å². The summed E-state index contributed by atoms with van der Waals surface area (Å²) in [6.07, 6.45) is 2.48. The molecule has 3 aromatic heterocycles. The lowest BCUT2D eigenvalue weighted by molar-refractivity contribution is 0.0169. The molecular formula is C27H32N6O6. The van der Waals surface area contributed by atoms with Gasteiger partial charge < -0.3 is 34.9 Å². The third-order valence-corrected chi connectivity index (χ3v) is 7.18. The molecule has 12 nitrogen and oxygen atoms in total. The fourth-order valence-electron chi connectivity index (χ4n) is 4.81. The number of fused-ring (bicyclic) bond motifs is 2. The number of carbonyl (C=O) groups excluding carboxylic acids is 2. The second-order valence-electron chi connectivity index (χ2n) is 10.2. The lowest BCUT2D eigenvalue weighted by atomic mass is 9.91. The smallest absolute Gasteiger partial charge is 0.409 e. The Morgan fingerprint density at radius 2 is 1.95 bits per heavy atom. The molecule has 0 aromatic carbocycles. The number of amides is 1. The predicted octanol–water partition coefficient (Wildman–Crippen LogP) is 3.08. The molecule has 0 saturated carbocycles. The summed E-state index contributed by atoms with van der Waals surface area (Å²) in [5.41, 5.74) is 7.69. The van der Waals surface area contributed by atoms with Crippen LogP contribution >= 0.6 is 0 Å². The van der Waals surface area contributed by atoms with Gasteiger partial charge in [-0.05, 0) is 37.4 Å². The number of methoxy groups -OCH3 is 2. The van der Waals surface area contributed by atoms with E-state index in [-0.39, 0.29) is 30.7 Å². The Hall–Kier alpha value is -4.03. The summed E-state index contributed by atoms with van der Waals surface area (Å²) in [5.74, 6) is 1.05. The molecule has 3 atom stereocenters. The van der Waals surface area contributed by atoms with Crippen LogP contribution in [-0.4, -0.2) is 78.0 Å². The molecule has 2 aliphatic rings. The van der Waals surface area contributed by atoms with Gasteiger partial charge in [0.1, 0.15) is 23.8 Å². The summed E-state index contributed by atoms with van der Waals surface area (Å²) in [6.45, 7) is 6.77. The number of carbonyl (C=O) groups is 2. The van der Waals surface area contributed by atoms with E-state index >= 15 is 0 Å². The van der Waals surface area contributed by atoms with Crippen molar-refractivity contribution in [3.63, 3.8) is 0 Å². The van der Waals surface area contributed by atoms with Gasteiger partial charge in [-0.2, -0.15) is 0 Å². The summed E-state index contributed by atoms with van der Waals surface area (Å²) in [5, 5.41) is 4.71. The van der Waals surface area contributed by atoms with Crippen molar-refractivity contribution >= 4 is 34.5 Å². The molecule has 1 saturated heterocycles. The van der Waals surface area contributed by atoms with Gasteiger partial charge in [-0.15, -0.1) is 0 Å². The van der Waals surface area contributed by atoms with Crippen LogP contribution in [0, 0.1) is 0 Å². The van der Waals surface area contributed by atoms with E-state index < -0.39 is 11.6 Å². The number of nitrogens with two attached hydrogens (primary N) is 1. The highest BCUT2D eigenvalue weighted by molar-refractivity contribution is 5.93. The number of pyridine rings is 3. The maximum Gasteiger partial charge on any atom is 0.409 e. The zero-order chi connectivity index (χ0) is 27.9. The van der Waals surface area contributed by atoms with E-state index in [0.717, 1.165) is 10.9 Å². The molecule has 5 rings (SSSR count). The van der Waals surface area contributed by atoms with E-state index in [1.807, 2.05) is 26.8 Å². The van der Waals surface area contributed by atoms with E-state index in [2.05, 4.69) is 15.3 Å². The highest BCUT2D eigenvalue weighted by atomic mass is 16.6. The van der Waals surface area contributed by atoms with Gasteiger partial charge in [0.15, 0.2) is 0 Å². The minimum atomic E-state index is -0.842. The number of rotatable bonds is 7. The highest BCUT2D eigenvalue weighted by Crippen LogP contribution is 2.35. The van der Waals surface area contributed by atoms with Crippen LogP contribution in [0.4, 0.5) is 16.4 Å². The predicted molar refractivity (Wildman–Crippen MR) is 142 cm³/mol. The summed E-state index contributed by atoms with van der Waals surface area (Å²) in [4.78, 5) is 39.4. The molecule has 5 heterocycles.